The van der Waals surface area contributed by atoms with Gasteiger partial charge < -0.3 is 9.88 Å². The molecule has 0 saturated carbocycles. The minimum atomic E-state index is 0.106. The zero-order valence-electron chi connectivity index (χ0n) is 14.7. The smallest absolute Gasteiger partial charge is 0.226 e. The fraction of sp³-hybridized carbons (Fsp3) is 0.526. The number of imidazole rings is 1. The number of fused-ring (bicyclic) bond motifs is 1. The van der Waals surface area contributed by atoms with Crippen molar-refractivity contribution >= 4 is 5.91 Å². The Hall–Kier alpha value is -2.21. The van der Waals surface area contributed by atoms with Gasteiger partial charge in [-0.05, 0) is 31.9 Å². The lowest BCUT2D eigenvalue weighted by atomic mass is 9.88. The topological polar surface area (TPSA) is 65.1 Å². The molecule has 0 bridgehead atoms. The number of carbonyl (C=O) groups is 1. The van der Waals surface area contributed by atoms with E-state index >= 15 is 0 Å². The first-order valence-corrected chi connectivity index (χ1v) is 9.14. The number of carbonyl (C=O) groups excluding carboxylic acids is 1. The maximum absolute atomic E-state index is 12.9. The number of rotatable bonds is 3. The Bertz CT molecular complexity index is 734. The van der Waals surface area contributed by atoms with Crippen molar-refractivity contribution in [2.75, 3.05) is 26.2 Å². The molecule has 1 fully saturated rings. The molecule has 132 valence electrons. The van der Waals surface area contributed by atoms with E-state index < -0.39 is 0 Å². The summed E-state index contributed by atoms with van der Waals surface area (Å²) in [5, 5.41) is 0. The van der Waals surface area contributed by atoms with Crippen LogP contribution in [0.5, 0.6) is 0 Å². The van der Waals surface area contributed by atoms with Crippen LogP contribution in [-0.2, 0) is 24.2 Å². The van der Waals surface area contributed by atoms with Crippen LogP contribution in [0.2, 0.25) is 0 Å². The number of H-pyrrole nitrogens is 1. The van der Waals surface area contributed by atoms with Crippen molar-refractivity contribution in [2.24, 2.45) is 5.92 Å². The number of aromatic nitrogens is 3. The molecule has 0 spiro atoms. The molecular formula is C19H25N5O. The minimum absolute atomic E-state index is 0.106. The van der Waals surface area contributed by atoms with Gasteiger partial charge in [0.2, 0.25) is 5.91 Å². The summed E-state index contributed by atoms with van der Waals surface area (Å²) in [5.74, 6) is 1.38. The molecule has 1 aliphatic carbocycles. The van der Waals surface area contributed by atoms with E-state index in [0.29, 0.717) is 5.91 Å². The lowest BCUT2D eigenvalue weighted by Gasteiger charge is -2.36. The van der Waals surface area contributed by atoms with Crippen LogP contribution < -0.4 is 0 Å². The maximum Gasteiger partial charge on any atom is 0.226 e. The predicted octanol–water partition coefficient (Wildman–Crippen LogP) is 1.56. The Labute approximate surface area is 148 Å². The van der Waals surface area contributed by atoms with Crippen LogP contribution in [0.3, 0.4) is 0 Å². The normalized spacial score (nSPS) is 21.2. The molecule has 1 aliphatic heterocycles. The van der Waals surface area contributed by atoms with Crippen molar-refractivity contribution in [3.63, 3.8) is 0 Å². The van der Waals surface area contributed by atoms with Crippen LogP contribution in [-0.4, -0.2) is 56.8 Å². The second kappa shape index (κ2) is 6.96. The Morgan fingerprint density at radius 3 is 2.88 bits per heavy atom. The average molecular weight is 339 g/mol. The largest absolute Gasteiger partial charge is 0.346 e. The zero-order valence-corrected chi connectivity index (χ0v) is 14.7. The van der Waals surface area contributed by atoms with Gasteiger partial charge in [0.25, 0.3) is 0 Å². The number of nitrogens with zero attached hydrogens (tertiary/aromatic N) is 4. The third-order valence-corrected chi connectivity index (χ3v) is 5.31. The number of hydrogen-bond donors (Lipinski definition) is 1. The molecule has 2 aromatic rings. The van der Waals surface area contributed by atoms with E-state index in [1.807, 2.05) is 30.2 Å². The van der Waals surface area contributed by atoms with Crippen LogP contribution in [0, 0.1) is 12.8 Å². The quantitative estimate of drug-likeness (QED) is 0.922. The summed E-state index contributed by atoms with van der Waals surface area (Å²) in [7, 11) is 0. The molecule has 6 heteroatoms. The van der Waals surface area contributed by atoms with Gasteiger partial charge in [-0.15, -0.1) is 0 Å². The van der Waals surface area contributed by atoms with E-state index in [0.717, 1.165) is 74.9 Å². The van der Waals surface area contributed by atoms with Crippen LogP contribution in [0.15, 0.2) is 24.4 Å². The third kappa shape index (κ3) is 3.58. The van der Waals surface area contributed by atoms with Gasteiger partial charge in [0, 0.05) is 57.0 Å². The molecule has 2 aromatic heterocycles. The van der Waals surface area contributed by atoms with Gasteiger partial charge in [-0.2, -0.15) is 0 Å². The molecule has 1 amide bonds. The van der Waals surface area contributed by atoms with Gasteiger partial charge in [0.15, 0.2) is 0 Å². The van der Waals surface area contributed by atoms with Crippen molar-refractivity contribution in [2.45, 2.75) is 32.7 Å². The Morgan fingerprint density at radius 1 is 1.28 bits per heavy atom. The highest BCUT2D eigenvalue weighted by Crippen LogP contribution is 2.25. The maximum atomic E-state index is 12.9. The van der Waals surface area contributed by atoms with Gasteiger partial charge in [0.1, 0.15) is 5.82 Å². The van der Waals surface area contributed by atoms with Crippen LogP contribution in [0.1, 0.15) is 29.3 Å². The number of nitrogens with one attached hydrogen (secondary N) is 1. The molecular weight excluding hydrogens is 314 g/mol. The summed E-state index contributed by atoms with van der Waals surface area (Å²) in [6, 6.07) is 6.02. The first kappa shape index (κ1) is 16.3. The van der Waals surface area contributed by atoms with Crippen molar-refractivity contribution in [3.8, 4) is 0 Å². The molecule has 0 radical (unpaired) electrons. The summed E-state index contributed by atoms with van der Waals surface area (Å²) >= 11 is 0. The summed E-state index contributed by atoms with van der Waals surface area (Å²) in [6.07, 6.45) is 4.48. The molecule has 1 saturated heterocycles. The van der Waals surface area contributed by atoms with Crippen molar-refractivity contribution in [3.05, 3.63) is 47.3 Å². The monoisotopic (exact) mass is 339 g/mol. The summed E-state index contributed by atoms with van der Waals surface area (Å²) in [6.45, 7) is 6.32. The fourth-order valence-corrected chi connectivity index (χ4v) is 3.94. The second-order valence-corrected chi connectivity index (χ2v) is 7.11. The number of pyridine rings is 1. The predicted molar refractivity (Wildman–Crippen MR) is 94.9 cm³/mol. The average Bonchev–Trinajstić information content (AvgIpc) is 3.02. The van der Waals surface area contributed by atoms with Crippen molar-refractivity contribution in [1.82, 2.24) is 24.8 Å². The van der Waals surface area contributed by atoms with E-state index in [-0.39, 0.29) is 5.92 Å². The number of hydrogen-bond acceptors (Lipinski definition) is 4. The lowest BCUT2D eigenvalue weighted by molar-refractivity contribution is -0.137. The molecule has 6 nitrogen and oxygen atoms in total. The summed E-state index contributed by atoms with van der Waals surface area (Å²) in [4.78, 5) is 29.6. The van der Waals surface area contributed by atoms with E-state index in [2.05, 4.69) is 25.9 Å². The van der Waals surface area contributed by atoms with E-state index in [1.54, 1.807) is 0 Å². The lowest BCUT2D eigenvalue weighted by Crippen LogP contribution is -2.50. The standard InChI is InChI=1S/C19H25N5O/c1-14-21-17-6-5-15(12-18(17)22-14)19(25)24-10-8-23(9-11-24)13-16-4-2-3-7-20-16/h2-4,7,15H,5-6,8-13H2,1H3,(H,21,22)/t15-/m0/s1. The third-order valence-electron chi connectivity index (χ3n) is 5.31. The van der Waals surface area contributed by atoms with E-state index in [1.165, 1.54) is 0 Å². The van der Waals surface area contributed by atoms with Crippen molar-refractivity contribution in [1.29, 1.82) is 0 Å². The first-order valence-electron chi connectivity index (χ1n) is 9.14. The Balaban J connectivity index is 1.31. The summed E-state index contributed by atoms with van der Waals surface area (Å²) < 4.78 is 0. The highest BCUT2D eigenvalue weighted by molar-refractivity contribution is 5.79. The van der Waals surface area contributed by atoms with E-state index in [9.17, 15) is 4.79 Å². The zero-order chi connectivity index (χ0) is 17.2. The molecule has 0 unspecified atom stereocenters. The Kier molecular flexibility index (Phi) is 4.53. The van der Waals surface area contributed by atoms with Crippen molar-refractivity contribution < 1.29 is 4.79 Å². The minimum Gasteiger partial charge on any atom is -0.346 e. The van der Waals surface area contributed by atoms with Gasteiger partial charge in [0.05, 0.1) is 11.4 Å². The SMILES string of the molecule is Cc1nc2c([nH]1)C[C@@H](C(=O)N1CCN(Cc3ccccn3)CC1)CC2. The van der Waals surface area contributed by atoms with Crippen LogP contribution in [0.25, 0.3) is 0 Å². The fourth-order valence-electron chi connectivity index (χ4n) is 3.94. The van der Waals surface area contributed by atoms with Gasteiger partial charge >= 0.3 is 0 Å². The molecule has 25 heavy (non-hydrogen) atoms. The first-order chi connectivity index (χ1) is 12.2. The number of amides is 1. The van der Waals surface area contributed by atoms with Crippen LogP contribution >= 0.6 is 0 Å². The molecule has 4 rings (SSSR count). The Morgan fingerprint density at radius 2 is 2.12 bits per heavy atom. The highest BCUT2D eigenvalue weighted by atomic mass is 16.2. The highest BCUT2D eigenvalue weighted by Gasteiger charge is 2.31. The number of piperazine rings is 1. The second-order valence-electron chi connectivity index (χ2n) is 7.11. The summed E-state index contributed by atoms with van der Waals surface area (Å²) in [5.41, 5.74) is 3.41. The molecule has 0 aromatic carbocycles. The molecule has 1 atom stereocenters. The number of aromatic amines is 1. The molecule has 1 N–H and O–H groups in total. The van der Waals surface area contributed by atoms with E-state index in [4.69, 9.17) is 0 Å². The molecule has 2 aliphatic rings. The van der Waals surface area contributed by atoms with Crippen LogP contribution in [0.4, 0.5) is 0 Å². The van der Waals surface area contributed by atoms with Gasteiger partial charge in [-0.3, -0.25) is 14.7 Å². The van der Waals surface area contributed by atoms with Gasteiger partial charge in [-0.1, -0.05) is 6.07 Å². The number of aryl methyl sites for hydroxylation is 2. The van der Waals surface area contributed by atoms with Gasteiger partial charge in [-0.25, -0.2) is 4.98 Å². The molecule has 3 heterocycles.